The molecule has 0 aliphatic carbocycles. The Morgan fingerprint density at radius 1 is 1.43 bits per heavy atom. The summed E-state index contributed by atoms with van der Waals surface area (Å²) >= 11 is 3.50. The zero-order valence-electron chi connectivity index (χ0n) is 12.5. The van der Waals surface area contributed by atoms with E-state index in [1.54, 1.807) is 0 Å². The van der Waals surface area contributed by atoms with Gasteiger partial charge in [0.2, 0.25) is 0 Å². The molecule has 1 atom stereocenters. The Hall–Kier alpha value is -1.13. The lowest BCUT2D eigenvalue weighted by molar-refractivity contribution is 0.516. The fourth-order valence-electron chi connectivity index (χ4n) is 3.07. The van der Waals surface area contributed by atoms with Gasteiger partial charge < -0.3 is 10.2 Å². The molecule has 2 heterocycles. The Labute approximate surface area is 134 Å². The third-order valence-electron chi connectivity index (χ3n) is 4.14. The molecule has 1 fully saturated rings. The minimum atomic E-state index is 0.752. The van der Waals surface area contributed by atoms with Crippen molar-refractivity contribution in [2.24, 2.45) is 5.92 Å². The van der Waals surface area contributed by atoms with Crippen molar-refractivity contribution in [2.75, 3.05) is 31.1 Å². The number of fused-ring (bicyclic) bond motifs is 1. The number of nitrogens with one attached hydrogen (secondary N) is 1. The summed E-state index contributed by atoms with van der Waals surface area (Å²) in [6, 6.07) is 8.61. The summed E-state index contributed by atoms with van der Waals surface area (Å²) in [7, 11) is 0. The number of aromatic nitrogens is 1. The molecule has 0 radical (unpaired) electrons. The Morgan fingerprint density at radius 3 is 3.19 bits per heavy atom. The van der Waals surface area contributed by atoms with Crippen molar-refractivity contribution in [3.8, 4) is 0 Å². The van der Waals surface area contributed by atoms with Crippen LogP contribution in [0.5, 0.6) is 0 Å². The van der Waals surface area contributed by atoms with E-state index < -0.39 is 0 Å². The fraction of sp³-hybridized carbons (Fsp3) is 0.471. The lowest BCUT2D eigenvalue weighted by atomic mass is 10.1. The molecule has 1 unspecified atom stereocenters. The number of nitrogens with zero attached hydrogens (tertiary/aromatic N) is 2. The van der Waals surface area contributed by atoms with Crippen molar-refractivity contribution in [3.05, 3.63) is 34.9 Å². The Balaban J connectivity index is 1.76. The van der Waals surface area contributed by atoms with E-state index in [9.17, 15) is 0 Å². The Morgan fingerprint density at radius 2 is 2.33 bits per heavy atom. The normalized spacial score (nSPS) is 18.6. The van der Waals surface area contributed by atoms with E-state index in [4.69, 9.17) is 0 Å². The molecule has 2 aromatic rings. The van der Waals surface area contributed by atoms with Crippen LogP contribution < -0.4 is 10.2 Å². The van der Waals surface area contributed by atoms with Crippen LogP contribution in [0.1, 0.15) is 19.8 Å². The molecule has 21 heavy (non-hydrogen) atoms. The summed E-state index contributed by atoms with van der Waals surface area (Å²) in [5.41, 5.74) is 2.39. The van der Waals surface area contributed by atoms with Crippen LogP contribution in [-0.4, -0.2) is 31.2 Å². The zero-order chi connectivity index (χ0) is 14.7. The first-order valence-corrected chi connectivity index (χ1v) is 8.57. The summed E-state index contributed by atoms with van der Waals surface area (Å²) in [6.45, 7) is 6.74. The van der Waals surface area contributed by atoms with E-state index in [1.165, 1.54) is 23.9 Å². The number of hydrogen-bond acceptors (Lipinski definition) is 3. The van der Waals surface area contributed by atoms with Crippen molar-refractivity contribution in [3.63, 3.8) is 0 Å². The Bertz CT molecular complexity index is 614. The second kappa shape index (κ2) is 6.75. The number of hydrogen-bond donors (Lipinski definition) is 1. The maximum atomic E-state index is 4.62. The third kappa shape index (κ3) is 3.38. The Kier molecular flexibility index (Phi) is 4.76. The molecule has 3 nitrogen and oxygen atoms in total. The first kappa shape index (κ1) is 14.8. The first-order chi connectivity index (χ1) is 10.3. The van der Waals surface area contributed by atoms with Crippen LogP contribution in [0.4, 0.5) is 5.69 Å². The van der Waals surface area contributed by atoms with Crippen molar-refractivity contribution in [1.82, 2.24) is 10.3 Å². The maximum absolute atomic E-state index is 4.62. The maximum Gasteiger partial charge on any atom is 0.0936 e. The SMILES string of the molecule is CCCNCC1CCN(c2cccc3cc(Br)cnc23)C1. The molecule has 112 valence electrons. The van der Waals surface area contributed by atoms with E-state index in [0.717, 1.165) is 42.1 Å². The van der Waals surface area contributed by atoms with Gasteiger partial charge in [-0.05, 0) is 59.9 Å². The number of anilines is 1. The molecule has 3 rings (SSSR count). The molecular weight excluding hydrogens is 326 g/mol. The molecular formula is C17H22BrN3. The molecule has 1 aromatic heterocycles. The van der Waals surface area contributed by atoms with Crippen molar-refractivity contribution >= 4 is 32.5 Å². The third-order valence-corrected chi connectivity index (χ3v) is 4.58. The van der Waals surface area contributed by atoms with Crippen LogP contribution in [0.3, 0.4) is 0 Å². The number of benzene rings is 1. The molecule has 0 saturated carbocycles. The number of pyridine rings is 1. The van der Waals surface area contributed by atoms with Crippen LogP contribution >= 0.6 is 15.9 Å². The molecule has 0 spiro atoms. The van der Waals surface area contributed by atoms with Gasteiger partial charge in [0.1, 0.15) is 0 Å². The van der Waals surface area contributed by atoms with Gasteiger partial charge in [-0.1, -0.05) is 19.1 Å². The predicted octanol–water partition coefficient (Wildman–Crippen LogP) is 3.82. The lowest BCUT2D eigenvalue weighted by Gasteiger charge is -2.20. The van der Waals surface area contributed by atoms with Gasteiger partial charge in [0, 0.05) is 29.1 Å². The van der Waals surface area contributed by atoms with Gasteiger partial charge in [0.05, 0.1) is 11.2 Å². The highest BCUT2D eigenvalue weighted by atomic mass is 79.9. The summed E-state index contributed by atoms with van der Waals surface area (Å²) < 4.78 is 1.04. The highest BCUT2D eigenvalue weighted by Crippen LogP contribution is 2.30. The van der Waals surface area contributed by atoms with Crippen molar-refractivity contribution < 1.29 is 0 Å². The molecule has 0 bridgehead atoms. The van der Waals surface area contributed by atoms with Crippen LogP contribution in [0.15, 0.2) is 34.9 Å². The number of rotatable bonds is 5. The predicted molar refractivity (Wildman–Crippen MR) is 92.9 cm³/mol. The van der Waals surface area contributed by atoms with Gasteiger partial charge in [-0.15, -0.1) is 0 Å². The second-order valence-corrected chi connectivity index (χ2v) is 6.72. The molecule has 4 heteroatoms. The zero-order valence-corrected chi connectivity index (χ0v) is 14.1. The van der Waals surface area contributed by atoms with Crippen molar-refractivity contribution in [2.45, 2.75) is 19.8 Å². The highest BCUT2D eigenvalue weighted by Gasteiger charge is 2.23. The van der Waals surface area contributed by atoms with Gasteiger partial charge >= 0.3 is 0 Å². The first-order valence-electron chi connectivity index (χ1n) is 7.78. The summed E-state index contributed by atoms with van der Waals surface area (Å²) in [5, 5.41) is 4.75. The van der Waals surface area contributed by atoms with Crippen molar-refractivity contribution in [1.29, 1.82) is 0 Å². The topological polar surface area (TPSA) is 28.2 Å². The van der Waals surface area contributed by atoms with E-state index in [1.807, 2.05) is 6.20 Å². The van der Waals surface area contributed by atoms with Gasteiger partial charge in [0.15, 0.2) is 0 Å². The van der Waals surface area contributed by atoms with Gasteiger partial charge in [-0.25, -0.2) is 0 Å². The van der Waals surface area contributed by atoms with E-state index in [2.05, 4.69) is 62.3 Å². The monoisotopic (exact) mass is 347 g/mol. The molecule has 1 saturated heterocycles. The van der Waals surface area contributed by atoms with Gasteiger partial charge in [0.25, 0.3) is 0 Å². The highest BCUT2D eigenvalue weighted by molar-refractivity contribution is 9.10. The molecule has 1 N–H and O–H groups in total. The molecule has 1 aromatic carbocycles. The van der Waals surface area contributed by atoms with E-state index in [-0.39, 0.29) is 0 Å². The summed E-state index contributed by atoms with van der Waals surface area (Å²) in [6.07, 6.45) is 4.37. The van der Waals surface area contributed by atoms with Crippen LogP contribution in [0, 0.1) is 5.92 Å². The van der Waals surface area contributed by atoms with Crippen LogP contribution in [0.2, 0.25) is 0 Å². The van der Waals surface area contributed by atoms with Gasteiger partial charge in [-0.3, -0.25) is 4.98 Å². The van der Waals surface area contributed by atoms with E-state index in [0.29, 0.717) is 0 Å². The average molecular weight is 348 g/mol. The standard InChI is InChI=1S/C17H22BrN3/c1-2-7-19-10-13-6-8-21(12-13)16-5-3-4-14-9-15(18)11-20-17(14)16/h3-5,9,11,13,19H,2,6-8,10,12H2,1H3. The fourth-order valence-corrected chi connectivity index (χ4v) is 3.42. The van der Waals surface area contributed by atoms with E-state index >= 15 is 0 Å². The lowest BCUT2D eigenvalue weighted by Crippen LogP contribution is -2.27. The second-order valence-electron chi connectivity index (χ2n) is 5.81. The van der Waals surface area contributed by atoms with Crippen LogP contribution in [-0.2, 0) is 0 Å². The minimum absolute atomic E-state index is 0.752. The smallest absolute Gasteiger partial charge is 0.0936 e. The van der Waals surface area contributed by atoms with Gasteiger partial charge in [-0.2, -0.15) is 0 Å². The number of halogens is 1. The molecule has 0 amide bonds. The number of para-hydroxylation sites is 1. The largest absolute Gasteiger partial charge is 0.369 e. The summed E-state index contributed by atoms with van der Waals surface area (Å²) in [4.78, 5) is 7.11. The van der Waals surface area contributed by atoms with Crippen LogP contribution in [0.25, 0.3) is 10.9 Å². The molecule has 1 aliphatic rings. The summed E-state index contributed by atoms with van der Waals surface area (Å²) in [5.74, 6) is 0.752. The minimum Gasteiger partial charge on any atom is -0.369 e. The quantitative estimate of drug-likeness (QED) is 0.833. The molecule has 1 aliphatic heterocycles. The average Bonchev–Trinajstić information content (AvgIpc) is 2.95.